The van der Waals surface area contributed by atoms with Crippen molar-refractivity contribution in [3.05, 3.63) is 46.2 Å². The third-order valence-corrected chi connectivity index (χ3v) is 4.78. The highest BCUT2D eigenvalue weighted by Crippen LogP contribution is 2.21. The number of carboxylic acids is 1. The fourth-order valence-corrected chi connectivity index (χ4v) is 3.60. The first-order valence-electron chi connectivity index (χ1n) is 5.87. The summed E-state index contributed by atoms with van der Waals surface area (Å²) in [5.74, 6) is -0.711. The van der Waals surface area contributed by atoms with Gasteiger partial charge < -0.3 is 5.11 Å². The molecule has 0 saturated carbocycles. The van der Waals surface area contributed by atoms with E-state index in [0.29, 0.717) is 21.5 Å². The van der Waals surface area contributed by atoms with Gasteiger partial charge in [-0.3, -0.25) is 8.89 Å². The summed E-state index contributed by atoms with van der Waals surface area (Å²) in [5.41, 5.74) is 1.04. The van der Waals surface area contributed by atoms with Crippen LogP contribution in [0.3, 0.4) is 0 Å². The summed E-state index contributed by atoms with van der Waals surface area (Å²) in [6.45, 7) is 0. The molecular formula is C13H13BrN2O3S. The van der Waals surface area contributed by atoms with E-state index in [1.54, 1.807) is 23.0 Å². The largest absolute Gasteiger partial charge is 0.478 e. The fourth-order valence-electron chi connectivity index (χ4n) is 1.81. The molecule has 106 valence electrons. The summed E-state index contributed by atoms with van der Waals surface area (Å²) in [4.78, 5) is 11.5. The van der Waals surface area contributed by atoms with E-state index in [0.717, 1.165) is 5.69 Å². The van der Waals surface area contributed by atoms with E-state index < -0.39 is 16.8 Å². The molecule has 7 heteroatoms. The Balaban J connectivity index is 2.19. The molecule has 1 aromatic carbocycles. The molecule has 0 amide bonds. The van der Waals surface area contributed by atoms with Gasteiger partial charge in [-0.05, 0) is 24.3 Å². The minimum absolute atomic E-state index is 0.0801. The fraction of sp³-hybridized carbons (Fsp3) is 0.231. The van der Waals surface area contributed by atoms with Crippen molar-refractivity contribution in [2.24, 2.45) is 7.05 Å². The van der Waals surface area contributed by atoms with Crippen LogP contribution in [0.1, 0.15) is 16.1 Å². The number of rotatable bonds is 5. The number of carboxylic acid groups (broad SMARTS) is 1. The molecule has 1 aromatic heterocycles. The lowest BCUT2D eigenvalue weighted by Gasteiger charge is -2.07. The second-order valence-corrected chi connectivity index (χ2v) is 6.65. The van der Waals surface area contributed by atoms with Gasteiger partial charge in [0.05, 0.1) is 21.3 Å². The number of benzene rings is 1. The Bertz CT molecular complexity index is 669. The molecule has 0 radical (unpaired) electrons. The maximum Gasteiger partial charge on any atom is 0.336 e. The molecular weight excluding hydrogens is 344 g/mol. The van der Waals surface area contributed by atoms with Gasteiger partial charge in [0, 0.05) is 35.6 Å². The molecule has 0 spiro atoms. The lowest BCUT2D eigenvalue weighted by Crippen LogP contribution is -2.10. The first kappa shape index (κ1) is 14.9. The van der Waals surface area contributed by atoms with E-state index in [9.17, 15) is 9.00 Å². The second-order valence-electron chi connectivity index (χ2n) is 4.19. The molecule has 0 aliphatic carbocycles. The van der Waals surface area contributed by atoms with Crippen LogP contribution in [0.2, 0.25) is 0 Å². The van der Waals surface area contributed by atoms with Crippen LogP contribution in [0.4, 0.5) is 0 Å². The SMILES string of the molecule is Cn1nccc1CCS(=O)c1cc(Br)ccc1C(=O)O. The Morgan fingerprint density at radius 2 is 2.20 bits per heavy atom. The molecule has 2 rings (SSSR count). The zero-order valence-corrected chi connectivity index (χ0v) is 13.1. The Kier molecular flexibility index (Phi) is 4.72. The van der Waals surface area contributed by atoms with Crippen molar-refractivity contribution in [1.82, 2.24) is 9.78 Å². The van der Waals surface area contributed by atoms with Gasteiger partial charge in [0.2, 0.25) is 0 Å². The minimum atomic E-state index is -1.37. The van der Waals surface area contributed by atoms with Crippen LogP contribution >= 0.6 is 15.9 Å². The van der Waals surface area contributed by atoms with Gasteiger partial charge in [0.1, 0.15) is 0 Å². The molecule has 0 aliphatic rings. The number of hydrogen-bond donors (Lipinski definition) is 1. The van der Waals surface area contributed by atoms with Crippen molar-refractivity contribution in [3.8, 4) is 0 Å². The predicted octanol–water partition coefficient (Wildman–Crippen LogP) is 2.23. The standard InChI is InChI=1S/C13H13BrN2O3S/c1-16-10(4-6-15-16)5-7-20(19)12-8-9(14)2-3-11(12)13(17)18/h2-4,6,8H,5,7H2,1H3,(H,17,18). The normalized spacial score (nSPS) is 12.3. The lowest BCUT2D eigenvalue weighted by atomic mass is 10.2. The first-order chi connectivity index (χ1) is 9.49. The van der Waals surface area contributed by atoms with E-state index >= 15 is 0 Å². The number of aromatic carboxylic acids is 1. The van der Waals surface area contributed by atoms with Crippen LogP contribution in [0.15, 0.2) is 39.8 Å². The van der Waals surface area contributed by atoms with Crippen LogP contribution in [0, 0.1) is 0 Å². The number of nitrogens with zero attached hydrogens (tertiary/aromatic N) is 2. The highest BCUT2D eigenvalue weighted by Gasteiger charge is 2.16. The van der Waals surface area contributed by atoms with Gasteiger partial charge in [0.15, 0.2) is 0 Å². The van der Waals surface area contributed by atoms with Crippen molar-refractivity contribution < 1.29 is 14.1 Å². The average Bonchev–Trinajstić information content (AvgIpc) is 2.81. The molecule has 2 aromatic rings. The highest BCUT2D eigenvalue weighted by atomic mass is 79.9. The molecule has 5 nitrogen and oxygen atoms in total. The van der Waals surface area contributed by atoms with E-state index in [2.05, 4.69) is 21.0 Å². The summed E-state index contributed by atoms with van der Waals surface area (Å²) in [6.07, 6.45) is 2.26. The van der Waals surface area contributed by atoms with E-state index in [-0.39, 0.29) is 5.56 Å². The lowest BCUT2D eigenvalue weighted by molar-refractivity contribution is 0.0693. The molecule has 0 bridgehead atoms. The number of aromatic nitrogens is 2. The van der Waals surface area contributed by atoms with Gasteiger partial charge in [-0.2, -0.15) is 5.10 Å². The molecule has 0 fully saturated rings. The minimum Gasteiger partial charge on any atom is -0.478 e. The van der Waals surface area contributed by atoms with Crippen molar-refractivity contribution in [3.63, 3.8) is 0 Å². The zero-order chi connectivity index (χ0) is 14.7. The molecule has 1 atom stereocenters. The summed E-state index contributed by atoms with van der Waals surface area (Å²) in [7, 11) is 0.449. The van der Waals surface area contributed by atoms with Crippen LogP contribution in [-0.2, 0) is 24.3 Å². The van der Waals surface area contributed by atoms with Gasteiger partial charge in [-0.1, -0.05) is 15.9 Å². The monoisotopic (exact) mass is 356 g/mol. The van der Waals surface area contributed by atoms with Gasteiger partial charge in [-0.25, -0.2) is 4.79 Å². The smallest absolute Gasteiger partial charge is 0.336 e. The third-order valence-electron chi connectivity index (χ3n) is 2.89. The summed E-state index contributed by atoms with van der Waals surface area (Å²) in [6, 6.07) is 6.55. The molecule has 1 unspecified atom stereocenters. The topological polar surface area (TPSA) is 72.2 Å². The zero-order valence-electron chi connectivity index (χ0n) is 10.7. The van der Waals surface area contributed by atoms with Crippen LogP contribution in [0.5, 0.6) is 0 Å². The Labute approximate surface area is 127 Å². The number of halogens is 1. The highest BCUT2D eigenvalue weighted by molar-refractivity contribution is 9.10. The van der Waals surface area contributed by atoms with Crippen molar-refractivity contribution >= 4 is 32.7 Å². The Morgan fingerprint density at radius 3 is 2.80 bits per heavy atom. The summed E-state index contributed by atoms with van der Waals surface area (Å²) in [5, 5.41) is 13.2. The maximum atomic E-state index is 12.3. The Morgan fingerprint density at radius 1 is 1.45 bits per heavy atom. The van der Waals surface area contributed by atoms with Crippen LogP contribution < -0.4 is 0 Å². The van der Waals surface area contributed by atoms with E-state index in [4.69, 9.17) is 5.11 Å². The van der Waals surface area contributed by atoms with Gasteiger partial charge >= 0.3 is 5.97 Å². The van der Waals surface area contributed by atoms with Crippen LogP contribution in [0.25, 0.3) is 0 Å². The summed E-state index contributed by atoms with van der Waals surface area (Å²) < 4.78 is 14.8. The van der Waals surface area contributed by atoms with E-state index in [1.165, 1.54) is 6.07 Å². The predicted molar refractivity (Wildman–Crippen MR) is 79.3 cm³/mol. The number of hydrogen-bond acceptors (Lipinski definition) is 3. The first-order valence-corrected chi connectivity index (χ1v) is 7.98. The maximum absolute atomic E-state index is 12.3. The Hall–Kier alpha value is -1.47. The van der Waals surface area contributed by atoms with Gasteiger partial charge in [0.25, 0.3) is 0 Å². The third kappa shape index (κ3) is 3.34. The molecule has 0 aliphatic heterocycles. The van der Waals surface area contributed by atoms with Crippen molar-refractivity contribution in [2.45, 2.75) is 11.3 Å². The number of aryl methyl sites for hydroxylation is 2. The molecule has 20 heavy (non-hydrogen) atoms. The van der Waals surface area contributed by atoms with Crippen molar-refractivity contribution in [1.29, 1.82) is 0 Å². The van der Waals surface area contributed by atoms with Gasteiger partial charge in [-0.15, -0.1) is 0 Å². The van der Waals surface area contributed by atoms with E-state index in [1.807, 2.05) is 13.1 Å². The quantitative estimate of drug-likeness (QED) is 0.891. The van der Waals surface area contributed by atoms with Crippen molar-refractivity contribution in [2.75, 3.05) is 5.75 Å². The number of carbonyl (C=O) groups is 1. The second kappa shape index (κ2) is 6.32. The van der Waals surface area contributed by atoms with Crippen LogP contribution in [-0.4, -0.2) is 30.8 Å². The molecule has 1 heterocycles. The molecule has 1 N–H and O–H groups in total. The average molecular weight is 357 g/mol. The molecule has 0 saturated heterocycles. The summed E-state index contributed by atoms with van der Waals surface area (Å²) >= 11 is 3.27.